The van der Waals surface area contributed by atoms with E-state index >= 15 is 0 Å². The number of hydrogen-bond acceptors (Lipinski definition) is 1. The van der Waals surface area contributed by atoms with Crippen molar-refractivity contribution in [3.05, 3.63) is 58.6 Å². The van der Waals surface area contributed by atoms with Crippen LogP contribution >= 0.6 is 11.6 Å². The molecule has 0 atom stereocenters. The molecule has 0 radical (unpaired) electrons. The molecule has 0 aliphatic heterocycles. The van der Waals surface area contributed by atoms with Crippen LogP contribution in [-0.4, -0.2) is 9.55 Å². The predicted molar refractivity (Wildman–Crippen MR) is 72.3 cm³/mol. The van der Waals surface area contributed by atoms with Crippen molar-refractivity contribution >= 4 is 17.7 Å². The van der Waals surface area contributed by atoms with E-state index in [2.05, 4.69) is 16.1 Å². The molecule has 0 unspecified atom stereocenters. The van der Waals surface area contributed by atoms with Crippen LogP contribution in [0.25, 0.3) is 6.08 Å². The molecule has 2 aromatic rings. The highest BCUT2D eigenvalue weighted by atomic mass is 35.5. The van der Waals surface area contributed by atoms with Crippen molar-refractivity contribution in [1.82, 2.24) is 9.55 Å². The molecule has 0 fully saturated rings. The van der Waals surface area contributed by atoms with Gasteiger partial charge in [0.15, 0.2) is 0 Å². The monoisotopic (exact) mass is 246 g/mol. The summed E-state index contributed by atoms with van der Waals surface area (Å²) in [4.78, 5) is 4.37. The van der Waals surface area contributed by atoms with Crippen molar-refractivity contribution in [2.75, 3.05) is 0 Å². The van der Waals surface area contributed by atoms with Crippen LogP contribution in [0.2, 0.25) is 5.02 Å². The summed E-state index contributed by atoms with van der Waals surface area (Å²) in [5.41, 5.74) is 3.16. The Labute approximate surface area is 107 Å². The molecule has 2 rings (SSSR count). The van der Waals surface area contributed by atoms with E-state index in [1.54, 1.807) is 6.08 Å². The first kappa shape index (κ1) is 11.9. The molecule has 0 aliphatic rings. The van der Waals surface area contributed by atoms with E-state index in [-0.39, 0.29) is 0 Å². The fraction of sp³-hybridized carbons (Fsp3) is 0.214. The van der Waals surface area contributed by atoms with E-state index < -0.39 is 0 Å². The molecule has 0 N–H and O–H groups in total. The molecule has 1 aromatic carbocycles. The summed E-state index contributed by atoms with van der Waals surface area (Å²) < 4.78 is 2.10. The van der Waals surface area contributed by atoms with Gasteiger partial charge in [0.05, 0.1) is 12.2 Å². The van der Waals surface area contributed by atoms with Gasteiger partial charge in [-0.05, 0) is 31.0 Å². The summed E-state index contributed by atoms with van der Waals surface area (Å²) in [6.45, 7) is 8.47. The number of halogens is 1. The zero-order chi connectivity index (χ0) is 12.4. The van der Waals surface area contributed by atoms with Crippen LogP contribution in [0.5, 0.6) is 0 Å². The third kappa shape index (κ3) is 2.59. The van der Waals surface area contributed by atoms with Gasteiger partial charge in [-0.1, -0.05) is 36.4 Å². The number of aromatic nitrogens is 2. The Hall–Kier alpha value is -1.54. The molecule has 1 heterocycles. The lowest BCUT2D eigenvalue weighted by atomic mass is 10.1. The zero-order valence-electron chi connectivity index (χ0n) is 10.1. The molecule has 0 spiro atoms. The molecule has 0 saturated carbocycles. The molecule has 0 saturated heterocycles. The molecule has 2 nitrogen and oxygen atoms in total. The quantitative estimate of drug-likeness (QED) is 0.805. The van der Waals surface area contributed by atoms with Gasteiger partial charge >= 0.3 is 0 Å². The second-order valence-corrected chi connectivity index (χ2v) is 4.52. The summed E-state index contributed by atoms with van der Waals surface area (Å²) >= 11 is 6.24. The minimum absolute atomic E-state index is 0.753. The second-order valence-electron chi connectivity index (χ2n) is 4.11. The largest absolute Gasteiger partial charge is 0.330 e. The number of hydrogen-bond donors (Lipinski definition) is 0. The van der Waals surface area contributed by atoms with Crippen LogP contribution < -0.4 is 0 Å². The maximum atomic E-state index is 6.24. The first-order valence-electron chi connectivity index (χ1n) is 5.51. The van der Waals surface area contributed by atoms with Gasteiger partial charge in [0, 0.05) is 11.2 Å². The van der Waals surface area contributed by atoms with Gasteiger partial charge < -0.3 is 4.57 Å². The van der Waals surface area contributed by atoms with Crippen molar-refractivity contribution < 1.29 is 0 Å². The van der Waals surface area contributed by atoms with Crippen molar-refractivity contribution in [3.8, 4) is 0 Å². The van der Waals surface area contributed by atoms with Gasteiger partial charge in [-0.3, -0.25) is 0 Å². The van der Waals surface area contributed by atoms with Crippen molar-refractivity contribution in [1.29, 1.82) is 0 Å². The van der Waals surface area contributed by atoms with E-state index in [0.29, 0.717) is 0 Å². The Morgan fingerprint density at radius 3 is 2.71 bits per heavy atom. The molecule has 1 aromatic heterocycles. The maximum Gasteiger partial charge on any atom is 0.106 e. The van der Waals surface area contributed by atoms with Crippen LogP contribution in [0, 0.1) is 13.8 Å². The summed E-state index contributed by atoms with van der Waals surface area (Å²) in [5.74, 6) is 1.01. The molecular weight excluding hydrogens is 232 g/mol. The standard InChI is InChI=1S/C14H15ClN2/c1-4-12-5-6-13(14(15)7-12)9-17-8-10(2)16-11(17)3/h4-8H,1,9H2,2-3H3. The molecule has 88 valence electrons. The Kier molecular flexibility index (Phi) is 3.34. The van der Waals surface area contributed by atoms with Gasteiger partial charge in [0.1, 0.15) is 5.82 Å². The highest BCUT2D eigenvalue weighted by Crippen LogP contribution is 2.20. The first-order valence-corrected chi connectivity index (χ1v) is 5.89. The van der Waals surface area contributed by atoms with E-state index in [1.807, 2.05) is 38.2 Å². The van der Waals surface area contributed by atoms with Crippen molar-refractivity contribution in [2.45, 2.75) is 20.4 Å². The van der Waals surface area contributed by atoms with Crippen LogP contribution in [-0.2, 0) is 6.54 Å². The van der Waals surface area contributed by atoms with Crippen LogP contribution in [0.3, 0.4) is 0 Å². The normalized spacial score (nSPS) is 10.5. The van der Waals surface area contributed by atoms with Gasteiger partial charge in [0.2, 0.25) is 0 Å². The number of imidazole rings is 1. The fourth-order valence-corrected chi connectivity index (χ4v) is 2.08. The summed E-state index contributed by atoms with van der Waals surface area (Å²) in [6.07, 6.45) is 3.83. The fourth-order valence-electron chi connectivity index (χ4n) is 1.83. The lowest BCUT2D eigenvalue weighted by molar-refractivity contribution is 0.762. The van der Waals surface area contributed by atoms with E-state index in [0.717, 1.165) is 34.2 Å². The van der Waals surface area contributed by atoms with Gasteiger partial charge in [-0.15, -0.1) is 0 Å². The van der Waals surface area contributed by atoms with Gasteiger partial charge in [-0.25, -0.2) is 4.98 Å². The van der Waals surface area contributed by atoms with Crippen molar-refractivity contribution in [2.24, 2.45) is 0 Å². The van der Waals surface area contributed by atoms with Gasteiger partial charge in [-0.2, -0.15) is 0 Å². The lowest BCUT2D eigenvalue weighted by Gasteiger charge is -2.08. The third-order valence-corrected chi connectivity index (χ3v) is 3.10. The summed E-state index contributed by atoms with van der Waals surface area (Å²) in [7, 11) is 0. The molecule has 17 heavy (non-hydrogen) atoms. The maximum absolute atomic E-state index is 6.24. The van der Waals surface area contributed by atoms with Gasteiger partial charge in [0.25, 0.3) is 0 Å². The molecule has 3 heteroatoms. The van der Waals surface area contributed by atoms with Crippen LogP contribution in [0.15, 0.2) is 31.0 Å². The average Bonchev–Trinajstić information content (AvgIpc) is 2.60. The van der Waals surface area contributed by atoms with E-state index in [9.17, 15) is 0 Å². The van der Waals surface area contributed by atoms with E-state index in [4.69, 9.17) is 11.6 Å². The first-order chi connectivity index (χ1) is 8.10. The predicted octanol–water partition coefficient (Wildman–Crippen LogP) is 3.84. The smallest absolute Gasteiger partial charge is 0.106 e. The van der Waals surface area contributed by atoms with E-state index in [1.165, 1.54) is 0 Å². The number of nitrogens with zero attached hydrogens (tertiary/aromatic N) is 2. The molecule has 0 amide bonds. The topological polar surface area (TPSA) is 17.8 Å². The molecular formula is C14H15ClN2. The Morgan fingerprint density at radius 2 is 2.18 bits per heavy atom. The minimum atomic E-state index is 0.753. The van der Waals surface area contributed by atoms with Crippen LogP contribution in [0.4, 0.5) is 0 Å². The lowest BCUT2D eigenvalue weighted by Crippen LogP contribution is -2.01. The molecule has 0 aliphatic carbocycles. The SMILES string of the molecule is C=Cc1ccc(Cn2cc(C)nc2C)c(Cl)c1. The summed E-state index contributed by atoms with van der Waals surface area (Å²) in [5, 5.41) is 0.771. The highest BCUT2D eigenvalue weighted by Gasteiger charge is 2.05. The zero-order valence-corrected chi connectivity index (χ0v) is 10.8. The average molecular weight is 247 g/mol. The summed E-state index contributed by atoms with van der Waals surface area (Å²) in [6, 6.07) is 5.99. The number of rotatable bonds is 3. The second kappa shape index (κ2) is 4.76. The number of benzene rings is 1. The van der Waals surface area contributed by atoms with Crippen molar-refractivity contribution in [3.63, 3.8) is 0 Å². The Balaban J connectivity index is 2.30. The molecule has 0 bridgehead atoms. The third-order valence-electron chi connectivity index (χ3n) is 2.75. The minimum Gasteiger partial charge on any atom is -0.330 e. The number of aryl methyl sites for hydroxylation is 2. The highest BCUT2D eigenvalue weighted by molar-refractivity contribution is 6.31. The Morgan fingerprint density at radius 1 is 1.41 bits per heavy atom. The Bertz CT molecular complexity index is 555. The van der Waals surface area contributed by atoms with Crippen LogP contribution in [0.1, 0.15) is 22.6 Å².